The Bertz CT molecular complexity index is 427. The standard InChI is InChI=1S/C11H14N2O2/c1-6-9-7(4-5-8(12)13-9)10(14)15-11(6,2)3/h4-6H,1-3H3,(H2,12,13)/t6-/m0/s1. The van der Waals surface area contributed by atoms with Crippen LogP contribution in [-0.4, -0.2) is 16.6 Å². The summed E-state index contributed by atoms with van der Waals surface area (Å²) in [4.78, 5) is 15.9. The predicted molar refractivity (Wildman–Crippen MR) is 56.6 cm³/mol. The Kier molecular flexibility index (Phi) is 1.96. The number of nitrogens with zero attached hydrogens (tertiary/aromatic N) is 1. The number of carbonyl (C=O) groups excluding carboxylic acids is 1. The van der Waals surface area contributed by atoms with Crippen LogP contribution in [0.2, 0.25) is 0 Å². The number of carbonyl (C=O) groups is 1. The summed E-state index contributed by atoms with van der Waals surface area (Å²) in [6.07, 6.45) is 0. The third-order valence-electron chi connectivity index (χ3n) is 2.97. The summed E-state index contributed by atoms with van der Waals surface area (Å²) < 4.78 is 5.33. The maximum Gasteiger partial charge on any atom is 0.340 e. The molecule has 1 aliphatic heterocycles. The molecule has 0 aliphatic carbocycles. The van der Waals surface area contributed by atoms with Crippen LogP contribution in [0.15, 0.2) is 12.1 Å². The fraction of sp³-hybridized carbons (Fsp3) is 0.455. The van der Waals surface area contributed by atoms with E-state index >= 15 is 0 Å². The van der Waals surface area contributed by atoms with E-state index in [9.17, 15) is 4.79 Å². The number of nitrogen functional groups attached to an aromatic ring is 1. The highest BCUT2D eigenvalue weighted by atomic mass is 16.6. The lowest BCUT2D eigenvalue weighted by molar-refractivity contribution is -0.0189. The molecule has 2 rings (SSSR count). The molecule has 1 atom stereocenters. The molecule has 2 heterocycles. The van der Waals surface area contributed by atoms with Gasteiger partial charge in [-0.05, 0) is 26.0 Å². The van der Waals surface area contributed by atoms with Crippen molar-refractivity contribution >= 4 is 11.8 Å². The summed E-state index contributed by atoms with van der Waals surface area (Å²) in [5.41, 5.74) is 6.35. The van der Waals surface area contributed by atoms with E-state index in [1.165, 1.54) is 0 Å². The highest BCUT2D eigenvalue weighted by molar-refractivity contribution is 5.92. The van der Waals surface area contributed by atoms with Crippen molar-refractivity contribution in [2.24, 2.45) is 0 Å². The van der Waals surface area contributed by atoms with Crippen molar-refractivity contribution in [3.63, 3.8) is 0 Å². The molecule has 0 spiro atoms. The molecule has 80 valence electrons. The van der Waals surface area contributed by atoms with Gasteiger partial charge in [0.25, 0.3) is 0 Å². The Morgan fingerprint density at radius 2 is 2.13 bits per heavy atom. The van der Waals surface area contributed by atoms with Crippen LogP contribution in [0.5, 0.6) is 0 Å². The first-order chi connectivity index (χ1) is 6.92. The van der Waals surface area contributed by atoms with Gasteiger partial charge >= 0.3 is 5.97 Å². The highest BCUT2D eigenvalue weighted by Crippen LogP contribution is 2.37. The number of nitrogens with two attached hydrogens (primary N) is 1. The second kappa shape index (κ2) is 2.95. The third kappa shape index (κ3) is 1.46. The fourth-order valence-electron chi connectivity index (χ4n) is 1.70. The van der Waals surface area contributed by atoms with Crippen LogP contribution in [0.4, 0.5) is 5.82 Å². The number of fused-ring (bicyclic) bond motifs is 1. The zero-order valence-electron chi connectivity index (χ0n) is 9.07. The molecule has 0 radical (unpaired) electrons. The van der Waals surface area contributed by atoms with Crippen LogP contribution in [0, 0.1) is 0 Å². The van der Waals surface area contributed by atoms with E-state index in [-0.39, 0.29) is 11.9 Å². The second-order valence-electron chi connectivity index (χ2n) is 4.38. The van der Waals surface area contributed by atoms with E-state index in [0.717, 1.165) is 5.69 Å². The van der Waals surface area contributed by atoms with Crippen molar-refractivity contribution < 1.29 is 9.53 Å². The average Bonchev–Trinajstić information content (AvgIpc) is 2.13. The van der Waals surface area contributed by atoms with Gasteiger partial charge in [0, 0.05) is 5.92 Å². The van der Waals surface area contributed by atoms with E-state index in [0.29, 0.717) is 11.4 Å². The number of esters is 1. The number of pyridine rings is 1. The molecule has 2 N–H and O–H groups in total. The lowest BCUT2D eigenvalue weighted by Crippen LogP contribution is -2.39. The maximum atomic E-state index is 11.7. The van der Waals surface area contributed by atoms with Crippen molar-refractivity contribution in [3.8, 4) is 0 Å². The fourth-order valence-corrected chi connectivity index (χ4v) is 1.70. The van der Waals surface area contributed by atoms with Gasteiger partial charge in [0.15, 0.2) is 0 Å². The van der Waals surface area contributed by atoms with E-state index in [1.54, 1.807) is 12.1 Å². The summed E-state index contributed by atoms with van der Waals surface area (Å²) in [6, 6.07) is 3.29. The first-order valence-corrected chi connectivity index (χ1v) is 4.91. The summed E-state index contributed by atoms with van der Waals surface area (Å²) >= 11 is 0. The molecule has 15 heavy (non-hydrogen) atoms. The quantitative estimate of drug-likeness (QED) is 0.656. The molecular weight excluding hydrogens is 192 g/mol. The molecule has 0 aromatic carbocycles. The Morgan fingerprint density at radius 1 is 1.47 bits per heavy atom. The molecule has 0 unspecified atom stereocenters. The smallest absolute Gasteiger partial charge is 0.340 e. The van der Waals surface area contributed by atoms with E-state index in [4.69, 9.17) is 10.5 Å². The van der Waals surface area contributed by atoms with Crippen molar-refractivity contribution in [1.82, 2.24) is 4.98 Å². The van der Waals surface area contributed by atoms with Crippen molar-refractivity contribution in [2.75, 3.05) is 5.73 Å². The van der Waals surface area contributed by atoms with Crippen LogP contribution < -0.4 is 5.73 Å². The van der Waals surface area contributed by atoms with Crippen molar-refractivity contribution in [1.29, 1.82) is 0 Å². The Hall–Kier alpha value is -1.58. The largest absolute Gasteiger partial charge is 0.455 e. The minimum atomic E-state index is -0.523. The molecule has 1 aromatic heterocycles. The van der Waals surface area contributed by atoms with Crippen LogP contribution in [0.1, 0.15) is 42.7 Å². The number of cyclic esters (lactones) is 1. The minimum Gasteiger partial charge on any atom is -0.455 e. The lowest BCUT2D eigenvalue weighted by atomic mass is 9.84. The summed E-state index contributed by atoms with van der Waals surface area (Å²) in [5, 5.41) is 0. The van der Waals surface area contributed by atoms with Gasteiger partial charge in [-0.15, -0.1) is 0 Å². The van der Waals surface area contributed by atoms with Crippen LogP contribution in [0.25, 0.3) is 0 Å². The number of aromatic nitrogens is 1. The normalized spacial score (nSPS) is 23.1. The number of rotatable bonds is 0. The van der Waals surface area contributed by atoms with Gasteiger partial charge in [0.2, 0.25) is 0 Å². The lowest BCUT2D eigenvalue weighted by Gasteiger charge is -2.36. The zero-order valence-corrected chi connectivity index (χ0v) is 9.07. The molecule has 4 heteroatoms. The topological polar surface area (TPSA) is 65.2 Å². The van der Waals surface area contributed by atoms with Crippen molar-refractivity contribution in [3.05, 3.63) is 23.4 Å². The van der Waals surface area contributed by atoms with Gasteiger partial charge in [-0.3, -0.25) is 0 Å². The Balaban J connectivity index is 2.60. The zero-order chi connectivity index (χ0) is 11.2. The van der Waals surface area contributed by atoms with Crippen LogP contribution in [0.3, 0.4) is 0 Å². The number of hydrogen-bond donors (Lipinski definition) is 1. The number of hydrogen-bond acceptors (Lipinski definition) is 4. The third-order valence-corrected chi connectivity index (χ3v) is 2.97. The average molecular weight is 206 g/mol. The maximum absolute atomic E-state index is 11.7. The second-order valence-corrected chi connectivity index (χ2v) is 4.38. The Morgan fingerprint density at radius 3 is 2.80 bits per heavy atom. The molecule has 1 aliphatic rings. The summed E-state index contributed by atoms with van der Waals surface area (Å²) in [6.45, 7) is 5.74. The number of ether oxygens (including phenoxy) is 1. The molecule has 0 saturated carbocycles. The van der Waals surface area contributed by atoms with Crippen LogP contribution >= 0.6 is 0 Å². The monoisotopic (exact) mass is 206 g/mol. The molecule has 0 saturated heterocycles. The first kappa shape index (κ1) is 9.96. The van der Waals surface area contributed by atoms with E-state index in [2.05, 4.69) is 4.98 Å². The molecule has 4 nitrogen and oxygen atoms in total. The van der Waals surface area contributed by atoms with Gasteiger partial charge in [0.05, 0.1) is 11.3 Å². The van der Waals surface area contributed by atoms with Gasteiger partial charge in [0.1, 0.15) is 11.4 Å². The van der Waals surface area contributed by atoms with Gasteiger partial charge < -0.3 is 10.5 Å². The summed E-state index contributed by atoms with van der Waals surface area (Å²) in [7, 11) is 0. The first-order valence-electron chi connectivity index (χ1n) is 4.91. The highest BCUT2D eigenvalue weighted by Gasteiger charge is 2.39. The van der Waals surface area contributed by atoms with Crippen LogP contribution in [-0.2, 0) is 4.74 Å². The minimum absolute atomic E-state index is 0.0497. The summed E-state index contributed by atoms with van der Waals surface area (Å²) in [5.74, 6) is 0.167. The molecule has 0 fully saturated rings. The molecular formula is C11H14N2O2. The molecule has 0 amide bonds. The van der Waals surface area contributed by atoms with Crippen molar-refractivity contribution in [2.45, 2.75) is 32.3 Å². The number of anilines is 1. The molecule has 1 aromatic rings. The van der Waals surface area contributed by atoms with Gasteiger partial charge in [-0.25, -0.2) is 9.78 Å². The van der Waals surface area contributed by atoms with E-state index in [1.807, 2.05) is 20.8 Å². The predicted octanol–water partition coefficient (Wildman–Crippen LogP) is 1.72. The van der Waals surface area contributed by atoms with Gasteiger partial charge in [-0.2, -0.15) is 0 Å². The molecule has 0 bridgehead atoms. The van der Waals surface area contributed by atoms with Gasteiger partial charge in [-0.1, -0.05) is 6.92 Å². The Labute approximate surface area is 88.4 Å². The SMILES string of the molecule is C[C@H]1c2nc(N)ccc2C(=O)OC1(C)C. The van der Waals surface area contributed by atoms with E-state index < -0.39 is 5.60 Å².